The van der Waals surface area contributed by atoms with E-state index in [2.05, 4.69) is 9.88 Å². The summed E-state index contributed by atoms with van der Waals surface area (Å²) in [5.41, 5.74) is 7.56. The lowest BCUT2D eigenvalue weighted by Crippen LogP contribution is -2.30. The van der Waals surface area contributed by atoms with Crippen molar-refractivity contribution in [2.24, 2.45) is 0 Å². The summed E-state index contributed by atoms with van der Waals surface area (Å²) in [5.74, 6) is 0.826. The van der Waals surface area contributed by atoms with Gasteiger partial charge in [0.05, 0.1) is 12.3 Å². The topological polar surface area (TPSA) is 62.4 Å². The number of nitrogens with zero attached hydrogens (tertiary/aromatic N) is 2. The van der Waals surface area contributed by atoms with Crippen LogP contribution in [0.5, 0.6) is 0 Å². The van der Waals surface area contributed by atoms with E-state index in [1.165, 1.54) is 12.8 Å². The van der Waals surface area contributed by atoms with Gasteiger partial charge in [-0.05, 0) is 31.9 Å². The SMILES string of the molecule is Cc1ccc(N)c(N(CCO)C2CC2)n1. The highest BCUT2D eigenvalue weighted by Crippen LogP contribution is 2.33. The van der Waals surface area contributed by atoms with Crippen LogP contribution in [0.15, 0.2) is 12.1 Å². The van der Waals surface area contributed by atoms with Crippen molar-refractivity contribution in [1.29, 1.82) is 0 Å². The molecule has 3 N–H and O–H groups in total. The number of pyridine rings is 1. The largest absolute Gasteiger partial charge is 0.396 e. The molecule has 1 aliphatic rings. The molecule has 4 nitrogen and oxygen atoms in total. The monoisotopic (exact) mass is 207 g/mol. The van der Waals surface area contributed by atoms with Gasteiger partial charge in [-0.1, -0.05) is 0 Å². The quantitative estimate of drug-likeness (QED) is 0.771. The number of hydrogen-bond donors (Lipinski definition) is 2. The summed E-state index contributed by atoms with van der Waals surface area (Å²) in [6, 6.07) is 4.31. The number of aliphatic hydroxyl groups excluding tert-OH is 1. The standard InChI is InChI=1S/C11H17N3O/c1-8-2-5-10(12)11(13-8)14(6-7-15)9-3-4-9/h2,5,9,15H,3-4,6-7,12H2,1H3. The second kappa shape index (κ2) is 4.06. The van der Waals surface area contributed by atoms with Crippen LogP contribution in [-0.4, -0.2) is 29.3 Å². The van der Waals surface area contributed by atoms with Gasteiger partial charge in [0.25, 0.3) is 0 Å². The summed E-state index contributed by atoms with van der Waals surface area (Å²) in [5, 5.41) is 9.02. The second-order valence-electron chi connectivity index (χ2n) is 4.01. The lowest BCUT2D eigenvalue weighted by Gasteiger charge is -2.24. The molecule has 0 radical (unpaired) electrons. The van der Waals surface area contributed by atoms with E-state index in [1.807, 2.05) is 19.1 Å². The van der Waals surface area contributed by atoms with Gasteiger partial charge in [-0.15, -0.1) is 0 Å². The van der Waals surface area contributed by atoms with Crippen molar-refractivity contribution in [3.05, 3.63) is 17.8 Å². The maximum Gasteiger partial charge on any atom is 0.152 e. The molecule has 1 aliphatic carbocycles. The van der Waals surface area contributed by atoms with Crippen molar-refractivity contribution in [2.45, 2.75) is 25.8 Å². The Hall–Kier alpha value is -1.29. The Balaban J connectivity index is 2.27. The summed E-state index contributed by atoms with van der Waals surface area (Å²) >= 11 is 0. The number of hydrogen-bond acceptors (Lipinski definition) is 4. The normalized spacial score (nSPS) is 15.3. The molecule has 4 heteroatoms. The number of rotatable bonds is 4. The maximum absolute atomic E-state index is 9.02. The number of nitrogens with two attached hydrogens (primary N) is 1. The third-order valence-electron chi connectivity index (χ3n) is 2.65. The molecule has 1 fully saturated rings. The predicted molar refractivity (Wildman–Crippen MR) is 60.8 cm³/mol. The highest BCUT2D eigenvalue weighted by atomic mass is 16.3. The van der Waals surface area contributed by atoms with Crippen LogP contribution in [0.25, 0.3) is 0 Å². The number of aryl methyl sites for hydroxylation is 1. The molecule has 0 spiro atoms. The van der Waals surface area contributed by atoms with Crippen molar-refractivity contribution in [3.63, 3.8) is 0 Å². The van der Waals surface area contributed by atoms with E-state index in [-0.39, 0.29) is 6.61 Å². The minimum Gasteiger partial charge on any atom is -0.396 e. The Morgan fingerprint density at radius 2 is 2.27 bits per heavy atom. The van der Waals surface area contributed by atoms with Crippen LogP contribution in [0.3, 0.4) is 0 Å². The first kappa shape index (κ1) is 10.2. The average Bonchev–Trinajstić information content (AvgIpc) is 3.02. The van der Waals surface area contributed by atoms with E-state index >= 15 is 0 Å². The molecular weight excluding hydrogens is 190 g/mol. The van der Waals surface area contributed by atoms with E-state index in [9.17, 15) is 0 Å². The van der Waals surface area contributed by atoms with Crippen LogP contribution in [0.2, 0.25) is 0 Å². The lowest BCUT2D eigenvalue weighted by molar-refractivity contribution is 0.301. The van der Waals surface area contributed by atoms with Crippen LogP contribution in [-0.2, 0) is 0 Å². The van der Waals surface area contributed by atoms with Gasteiger partial charge >= 0.3 is 0 Å². The van der Waals surface area contributed by atoms with Gasteiger partial charge in [0.2, 0.25) is 0 Å². The van der Waals surface area contributed by atoms with E-state index in [1.54, 1.807) is 0 Å². The third kappa shape index (κ3) is 2.21. The van der Waals surface area contributed by atoms with Crippen LogP contribution in [0, 0.1) is 6.92 Å². The van der Waals surface area contributed by atoms with Crippen LogP contribution < -0.4 is 10.6 Å². The Kier molecular flexibility index (Phi) is 2.77. The Morgan fingerprint density at radius 3 is 2.87 bits per heavy atom. The summed E-state index contributed by atoms with van der Waals surface area (Å²) < 4.78 is 0. The number of nitrogen functional groups attached to an aromatic ring is 1. The molecule has 2 rings (SSSR count). The van der Waals surface area contributed by atoms with Gasteiger partial charge < -0.3 is 15.7 Å². The molecule has 82 valence electrons. The molecule has 0 aromatic carbocycles. The first-order valence-electron chi connectivity index (χ1n) is 5.33. The Morgan fingerprint density at radius 1 is 1.53 bits per heavy atom. The van der Waals surface area contributed by atoms with Gasteiger partial charge in [0.15, 0.2) is 5.82 Å². The third-order valence-corrected chi connectivity index (χ3v) is 2.65. The predicted octanol–water partition coefficient (Wildman–Crippen LogP) is 0.933. The van der Waals surface area contributed by atoms with Crippen molar-refractivity contribution in [2.75, 3.05) is 23.8 Å². The fraction of sp³-hybridized carbons (Fsp3) is 0.545. The van der Waals surface area contributed by atoms with Gasteiger partial charge in [0, 0.05) is 18.3 Å². The van der Waals surface area contributed by atoms with Crippen molar-refractivity contribution in [1.82, 2.24) is 4.98 Å². The van der Waals surface area contributed by atoms with Crippen LogP contribution >= 0.6 is 0 Å². The van der Waals surface area contributed by atoms with Crippen molar-refractivity contribution >= 4 is 11.5 Å². The number of aromatic nitrogens is 1. The van der Waals surface area contributed by atoms with Crippen molar-refractivity contribution < 1.29 is 5.11 Å². The molecule has 0 bridgehead atoms. The van der Waals surface area contributed by atoms with Gasteiger partial charge in [0.1, 0.15) is 0 Å². The molecule has 0 amide bonds. The molecule has 1 heterocycles. The van der Waals surface area contributed by atoms with E-state index in [4.69, 9.17) is 10.8 Å². The highest BCUT2D eigenvalue weighted by Gasteiger charge is 2.30. The van der Waals surface area contributed by atoms with E-state index < -0.39 is 0 Å². The highest BCUT2D eigenvalue weighted by molar-refractivity contribution is 5.63. The molecule has 0 unspecified atom stereocenters. The molecule has 0 atom stereocenters. The van der Waals surface area contributed by atoms with Crippen molar-refractivity contribution in [3.8, 4) is 0 Å². The molecule has 15 heavy (non-hydrogen) atoms. The van der Waals surface area contributed by atoms with E-state index in [0.717, 1.165) is 11.5 Å². The zero-order valence-electron chi connectivity index (χ0n) is 8.98. The number of aliphatic hydroxyl groups is 1. The van der Waals surface area contributed by atoms with Crippen LogP contribution in [0.4, 0.5) is 11.5 Å². The smallest absolute Gasteiger partial charge is 0.152 e. The minimum atomic E-state index is 0.144. The van der Waals surface area contributed by atoms with Gasteiger partial charge in [-0.2, -0.15) is 0 Å². The fourth-order valence-electron chi connectivity index (χ4n) is 1.74. The summed E-state index contributed by atoms with van der Waals surface area (Å²) in [6.07, 6.45) is 2.35. The zero-order valence-corrected chi connectivity index (χ0v) is 8.98. The lowest BCUT2D eigenvalue weighted by atomic mass is 10.3. The Labute approximate surface area is 89.7 Å². The van der Waals surface area contributed by atoms with E-state index in [0.29, 0.717) is 18.3 Å². The van der Waals surface area contributed by atoms with Gasteiger partial charge in [-0.25, -0.2) is 4.98 Å². The molecule has 1 aromatic rings. The molecular formula is C11H17N3O. The number of anilines is 2. The van der Waals surface area contributed by atoms with Gasteiger partial charge in [-0.3, -0.25) is 0 Å². The molecule has 0 aliphatic heterocycles. The first-order valence-corrected chi connectivity index (χ1v) is 5.33. The zero-order chi connectivity index (χ0) is 10.8. The first-order chi connectivity index (χ1) is 7.22. The maximum atomic E-state index is 9.02. The summed E-state index contributed by atoms with van der Waals surface area (Å²) in [7, 11) is 0. The second-order valence-corrected chi connectivity index (χ2v) is 4.01. The summed E-state index contributed by atoms with van der Waals surface area (Å²) in [4.78, 5) is 6.56. The van der Waals surface area contributed by atoms with Crippen LogP contribution in [0.1, 0.15) is 18.5 Å². The Bertz CT molecular complexity index is 350. The average molecular weight is 207 g/mol. The molecule has 1 aromatic heterocycles. The minimum absolute atomic E-state index is 0.144. The summed E-state index contributed by atoms with van der Waals surface area (Å²) in [6.45, 7) is 2.71. The fourth-order valence-corrected chi connectivity index (χ4v) is 1.74. The molecule has 1 saturated carbocycles. The molecule has 0 saturated heterocycles.